The van der Waals surface area contributed by atoms with Gasteiger partial charge in [0.1, 0.15) is 0 Å². The summed E-state index contributed by atoms with van der Waals surface area (Å²) in [6.07, 6.45) is 2.04. The maximum absolute atomic E-state index is 11.9. The zero-order chi connectivity index (χ0) is 13.1. The van der Waals surface area contributed by atoms with E-state index < -0.39 is 0 Å². The zero-order valence-electron chi connectivity index (χ0n) is 10.6. The van der Waals surface area contributed by atoms with Crippen molar-refractivity contribution in [2.24, 2.45) is 0 Å². The Hall–Kier alpha value is -1.82. The number of anilines is 1. The summed E-state index contributed by atoms with van der Waals surface area (Å²) in [7, 11) is 1.74. The van der Waals surface area contributed by atoms with Gasteiger partial charge >= 0.3 is 6.09 Å². The summed E-state index contributed by atoms with van der Waals surface area (Å²) in [6, 6.07) is 1.92. The number of nitrogens with one attached hydrogen (secondary N) is 1. The summed E-state index contributed by atoms with van der Waals surface area (Å²) in [5.41, 5.74) is 6.90. The molecule has 6 heteroatoms. The van der Waals surface area contributed by atoms with Crippen molar-refractivity contribution < 1.29 is 9.53 Å². The Kier molecular flexibility index (Phi) is 3.66. The van der Waals surface area contributed by atoms with Gasteiger partial charge in [0.25, 0.3) is 0 Å². The molecule has 0 bridgehead atoms. The van der Waals surface area contributed by atoms with E-state index in [-0.39, 0.29) is 12.1 Å². The molecule has 0 spiro atoms. The number of carbonyl (C=O) groups is 1. The van der Waals surface area contributed by atoms with E-state index in [0.29, 0.717) is 11.6 Å². The quantitative estimate of drug-likeness (QED) is 0.810. The van der Waals surface area contributed by atoms with Crippen LogP contribution in [0.3, 0.4) is 0 Å². The van der Waals surface area contributed by atoms with Crippen molar-refractivity contribution in [3.8, 4) is 5.88 Å². The van der Waals surface area contributed by atoms with E-state index in [4.69, 9.17) is 10.5 Å². The van der Waals surface area contributed by atoms with Gasteiger partial charge in [-0.2, -0.15) is 0 Å². The van der Waals surface area contributed by atoms with Crippen LogP contribution in [-0.2, 0) is 0 Å². The molecule has 2 rings (SSSR count). The summed E-state index contributed by atoms with van der Waals surface area (Å²) in [6.45, 7) is 3.55. The van der Waals surface area contributed by atoms with Crippen molar-refractivity contribution >= 4 is 11.8 Å². The second-order valence-electron chi connectivity index (χ2n) is 4.52. The minimum Gasteiger partial charge on any atom is -0.397 e. The van der Waals surface area contributed by atoms with Crippen LogP contribution < -0.4 is 15.8 Å². The summed E-state index contributed by atoms with van der Waals surface area (Å²) < 4.78 is 5.27. The van der Waals surface area contributed by atoms with Crippen LogP contribution in [0.2, 0.25) is 0 Å². The third-order valence-corrected chi connectivity index (χ3v) is 3.11. The Labute approximate surface area is 106 Å². The minimum atomic E-state index is -0.385. The minimum absolute atomic E-state index is 0.187. The van der Waals surface area contributed by atoms with Crippen LogP contribution in [0.1, 0.15) is 12.0 Å². The first-order chi connectivity index (χ1) is 8.58. The fraction of sp³-hybridized carbons (Fsp3) is 0.500. The average molecular weight is 250 g/mol. The molecule has 2 heterocycles. The zero-order valence-corrected chi connectivity index (χ0v) is 10.6. The number of nitrogens with two attached hydrogens (primary N) is 1. The number of aryl methyl sites for hydroxylation is 1. The second kappa shape index (κ2) is 5.22. The normalized spacial score (nSPS) is 18.7. The van der Waals surface area contributed by atoms with Crippen LogP contribution in [0.5, 0.6) is 5.88 Å². The van der Waals surface area contributed by atoms with E-state index in [0.717, 1.165) is 25.1 Å². The molecule has 18 heavy (non-hydrogen) atoms. The van der Waals surface area contributed by atoms with Crippen LogP contribution in [0.25, 0.3) is 0 Å². The summed E-state index contributed by atoms with van der Waals surface area (Å²) in [5, 5.41) is 3.21. The van der Waals surface area contributed by atoms with E-state index in [1.165, 1.54) is 6.20 Å². The molecule has 1 aliphatic heterocycles. The molecular formula is C12H18N4O2. The van der Waals surface area contributed by atoms with Crippen LogP contribution in [-0.4, -0.2) is 42.2 Å². The molecule has 1 fully saturated rings. The lowest BCUT2D eigenvalue weighted by Crippen LogP contribution is -2.40. The van der Waals surface area contributed by atoms with E-state index >= 15 is 0 Å². The van der Waals surface area contributed by atoms with Crippen LogP contribution in [0.4, 0.5) is 10.5 Å². The van der Waals surface area contributed by atoms with Gasteiger partial charge in [0, 0.05) is 25.2 Å². The molecule has 1 aliphatic rings. The Balaban J connectivity index is 2.01. The molecule has 6 nitrogen and oxygen atoms in total. The Bertz CT molecular complexity index is 444. The number of ether oxygens (including phenoxy) is 1. The molecule has 1 unspecified atom stereocenters. The third-order valence-electron chi connectivity index (χ3n) is 3.11. The first-order valence-electron chi connectivity index (χ1n) is 5.95. The number of carbonyl (C=O) groups excluding carboxylic acids is 1. The van der Waals surface area contributed by atoms with Crippen LogP contribution in [0, 0.1) is 6.92 Å². The summed E-state index contributed by atoms with van der Waals surface area (Å²) >= 11 is 0. The third kappa shape index (κ3) is 2.70. The van der Waals surface area contributed by atoms with Gasteiger partial charge in [-0.1, -0.05) is 0 Å². The molecule has 0 saturated carbocycles. The predicted octanol–water partition coefficient (Wildman–Crippen LogP) is 0.765. The number of nitrogens with zero attached hydrogens (tertiary/aromatic N) is 2. The first-order valence-corrected chi connectivity index (χ1v) is 5.95. The van der Waals surface area contributed by atoms with Gasteiger partial charge in [0.05, 0.1) is 11.9 Å². The number of pyridine rings is 1. The number of aromatic nitrogens is 1. The van der Waals surface area contributed by atoms with Crippen molar-refractivity contribution in [2.45, 2.75) is 19.4 Å². The molecule has 1 aromatic heterocycles. The highest BCUT2D eigenvalue weighted by atomic mass is 16.6. The van der Waals surface area contributed by atoms with Gasteiger partial charge in [-0.25, -0.2) is 9.78 Å². The fourth-order valence-corrected chi connectivity index (χ4v) is 1.96. The van der Waals surface area contributed by atoms with Gasteiger partial charge < -0.3 is 20.7 Å². The Morgan fingerprint density at radius 3 is 3.06 bits per heavy atom. The molecule has 0 aliphatic carbocycles. The van der Waals surface area contributed by atoms with Crippen LogP contribution >= 0.6 is 0 Å². The number of likely N-dealkylation sites (N-methyl/N-ethyl adjacent to an activating group) is 1. The van der Waals surface area contributed by atoms with Crippen molar-refractivity contribution in [1.82, 2.24) is 15.2 Å². The number of amides is 1. The topological polar surface area (TPSA) is 80.5 Å². The lowest BCUT2D eigenvalue weighted by molar-refractivity contribution is 0.146. The fourth-order valence-electron chi connectivity index (χ4n) is 1.96. The second-order valence-corrected chi connectivity index (χ2v) is 4.52. The molecule has 3 N–H and O–H groups in total. The lowest BCUT2D eigenvalue weighted by atomic mass is 10.2. The Morgan fingerprint density at radius 1 is 1.67 bits per heavy atom. The molecule has 98 valence electrons. The van der Waals surface area contributed by atoms with Crippen molar-refractivity contribution in [3.63, 3.8) is 0 Å². The Morgan fingerprint density at radius 2 is 2.44 bits per heavy atom. The van der Waals surface area contributed by atoms with Crippen LogP contribution in [0.15, 0.2) is 12.3 Å². The smallest absolute Gasteiger partial charge is 0.397 e. The lowest BCUT2D eigenvalue weighted by Gasteiger charge is -2.22. The van der Waals surface area contributed by atoms with Gasteiger partial charge in [-0.3, -0.25) is 0 Å². The highest BCUT2D eigenvalue weighted by Crippen LogP contribution is 2.18. The number of hydrogen-bond donors (Lipinski definition) is 2. The van der Waals surface area contributed by atoms with E-state index in [1.54, 1.807) is 18.0 Å². The number of hydrogen-bond acceptors (Lipinski definition) is 5. The number of nitrogen functional groups attached to an aromatic ring is 1. The average Bonchev–Trinajstić information content (AvgIpc) is 2.85. The van der Waals surface area contributed by atoms with Crippen molar-refractivity contribution in [3.05, 3.63) is 17.8 Å². The SMILES string of the molecule is Cc1cc(N)cnc1OC(=O)N(C)C1CCNC1. The van der Waals surface area contributed by atoms with Crippen molar-refractivity contribution in [1.29, 1.82) is 0 Å². The van der Waals surface area contributed by atoms with Gasteiger partial charge in [-0.05, 0) is 26.0 Å². The standard InChI is InChI=1S/C12H18N4O2/c1-8-5-9(13)6-15-11(8)18-12(17)16(2)10-3-4-14-7-10/h5-6,10,14H,3-4,7,13H2,1-2H3. The molecule has 0 aromatic carbocycles. The van der Waals surface area contributed by atoms with Gasteiger partial charge in [0.15, 0.2) is 0 Å². The molecular weight excluding hydrogens is 232 g/mol. The molecule has 0 radical (unpaired) electrons. The van der Waals surface area contributed by atoms with Gasteiger partial charge in [-0.15, -0.1) is 0 Å². The maximum atomic E-state index is 11.9. The maximum Gasteiger partial charge on any atom is 0.416 e. The van der Waals surface area contributed by atoms with Gasteiger partial charge in [0.2, 0.25) is 5.88 Å². The van der Waals surface area contributed by atoms with Crippen molar-refractivity contribution in [2.75, 3.05) is 25.9 Å². The summed E-state index contributed by atoms with van der Waals surface area (Å²) in [4.78, 5) is 17.6. The highest BCUT2D eigenvalue weighted by Gasteiger charge is 2.25. The number of rotatable bonds is 2. The molecule has 1 atom stereocenters. The van der Waals surface area contributed by atoms with E-state index in [1.807, 2.05) is 6.92 Å². The molecule has 1 amide bonds. The molecule has 1 saturated heterocycles. The summed E-state index contributed by atoms with van der Waals surface area (Å²) in [5.74, 6) is 0.312. The first kappa shape index (κ1) is 12.6. The predicted molar refractivity (Wildman–Crippen MR) is 68.4 cm³/mol. The van der Waals surface area contributed by atoms with E-state index in [9.17, 15) is 4.79 Å². The molecule has 1 aromatic rings. The highest BCUT2D eigenvalue weighted by molar-refractivity contribution is 5.70. The van der Waals surface area contributed by atoms with E-state index in [2.05, 4.69) is 10.3 Å². The monoisotopic (exact) mass is 250 g/mol. The largest absolute Gasteiger partial charge is 0.416 e.